The van der Waals surface area contributed by atoms with Crippen molar-refractivity contribution >= 4 is 6.09 Å². The third-order valence-corrected chi connectivity index (χ3v) is 2.22. The van der Waals surface area contributed by atoms with Crippen molar-refractivity contribution in [3.8, 4) is 6.07 Å². The van der Waals surface area contributed by atoms with Gasteiger partial charge in [-0.05, 0) is 27.2 Å². The summed E-state index contributed by atoms with van der Waals surface area (Å²) < 4.78 is 10.3. The van der Waals surface area contributed by atoms with E-state index in [4.69, 9.17) is 14.7 Å². The maximum absolute atomic E-state index is 11.5. The fourth-order valence-corrected chi connectivity index (χ4v) is 1.49. The molecule has 0 unspecified atom stereocenters. The van der Waals surface area contributed by atoms with Crippen molar-refractivity contribution in [2.75, 3.05) is 13.2 Å². The van der Waals surface area contributed by atoms with Crippen LogP contribution in [0.15, 0.2) is 0 Å². The van der Waals surface area contributed by atoms with E-state index < -0.39 is 11.7 Å². The van der Waals surface area contributed by atoms with E-state index in [9.17, 15) is 4.79 Å². The molecule has 16 heavy (non-hydrogen) atoms. The number of nitrogens with one attached hydrogen (secondary N) is 1. The molecule has 0 aromatic rings. The number of hydrogen-bond donors (Lipinski definition) is 1. The van der Waals surface area contributed by atoms with Crippen molar-refractivity contribution in [1.29, 1.82) is 5.26 Å². The maximum atomic E-state index is 11.5. The summed E-state index contributed by atoms with van der Waals surface area (Å²) in [7, 11) is 0. The molecule has 90 valence electrons. The van der Waals surface area contributed by atoms with E-state index in [2.05, 4.69) is 11.4 Å². The molecular formula is C11H18N2O3. The average molecular weight is 226 g/mol. The first-order valence-electron chi connectivity index (χ1n) is 5.39. The van der Waals surface area contributed by atoms with Crippen LogP contribution in [0.1, 0.15) is 27.2 Å². The second kappa shape index (κ2) is 5.17. The Bertz CT molecular complexity index is 291. The Balaban J connectivity index is 2.46. The van der Waals surface area contributed by atoms with Gasteiger partial charge in [-0.25, -0.2) is 4.79 Å². The summed E-state index contributed by atoms with van der Waals surface area (Å²) in [5.41, 5.74) is -0.526. The molecule has 0 bridgehead atoms. The summed E-state index contributed by atoms with van der Waals surface area (Å²) in [6.45, 7) is 6.34. The molecule has 1 saturated heterocycles. The number of carbonyl (C=O) groups excluding carboxylic acids is 1. The van der Waals surface area contributed by atoms with Crippen molar-refractivity contribution in [3.63, 3.8) is 0 Å². The predicted molar refractivity (Wildman–Crippen MR) is 57.7 cm³/mol. The highest BCUT2D eigenvalue weighted by Crippen LogP contribution is 2.15. The molecule has 5 nitrogen and oxygen atoms in total. The van der Waals surface area contributed by atoms with Crippen LogP contribution in [-0.4, -0.2) is 30.9 Å². The number of nitriles is 1. The van der Waals surface area contributed by atoms with E-state index in [0.717, 1.165) is 0 Å². The molecule has 0 aromatic heterocycles. The predicted octanol–water partition coefficient (Wildman–Crippen LogP) is 1.44. The number of ether oxygens (including phenoxy) is 2. The van der Waals surface area contributed by atoms with Crippen LogP contribution in [0, 0.1) is 17.2 Å². The SMILES string of the molecule is CC(C)(C)OC(=O)N[C@@H]1COCC[C@@H]1C#N. The maximum Gasteiger partial charge on any atom is 0.407 e. The average Bonchev–Trinajstić information content (AvgIpc) is 2.15. The second-order valence-corrected chi connectivity index (χ2v) is 4.85. The fraction of sp³-hybridized carbons (Fsp3) is 0.818. The van der Waals surface area contributed by atoms with Gasteiger partial charge in [-0.1, -0.05) is 0 Å². The number of hydrogen-bond acceptors (Lipinski definition) is 4. The normalized spacial score (nSPS) is 25.6. The summed E-state index contributed by atoms with van der Waals surface area (Å²) in [5, 5.41) is 11.6. The molecule has 0 spiro atoms. The van der Waals surface area contributed by atoms with Crippen molar-refractivity contribution in [1.82, 2.24) is 5.32 Å². The summed E-state index contributed by atoms with van der Waals surface area (Å²) in [5.74, 6) is -0.193. The van der Waals surface area contributed by atoms with Gasteiger partial charge < -0.3 is 14.8 Å². The Morgan fingerprint density at radius 2 is 2.25 bits per heavy atom. The minimum Gasteiger partial charge on any atom is -0.444 e. The van der Waals surface area contributed by atoms with Gasteiger partial charge in [0.05, 0.1) is 24.6 Å². The Kier molecular flexibility index (Phi) is 4.13. The highest BCUT2D eigenvalue weighted by Gasteiger charge is 2.28. The molecule has 2 atom stereocenters. The first kappa shape index (κ1) is 12.8. The van der Waals surface area contributed by atoms with E-state index in [1.54, 1.807) is 20.8 Å². The van der Waals surface area contributed by atoms with Crippen molar-refractivity contribution in [2.45, 2.75) is 38.8 Å². The summed E-state index contributed by atoms with van der Waals surface area (Å²) in [6.07, 6.45) is 0.153. The summed E-state index contributed by atoms with van der Waals surface area (Å²) in [6, 6.07) is 1.90. The third-order valence-electron chi connectivity index (χ3n) is 2.22. The minimum absolute atomic E-state index is 0.193. The summed E-state index contributed by atoms with van der Waals surface area (Å²) in [4.78, 5) is 11.5. The Labute approximate surface area is 95.7 Å². The largest absolute Gasteiger partial charge is 0.444 e. The first-order chi connectivity index (χ1) is 7.42. The highest BCUT2D eigenvalue weighted by atomic mass is 16.6. The lowest BCUT2D eigenvalue weighted by Gasteiger charge is -2.29. The van der Waals surface area contributed by atoms with Gasteiger partial charge in [0.1, 0.15) is 5.60 Å². The molecule has 0 saturated carbocycles. The van der Waals surface area contributed by atoms with Crippen molar-refractivity contribution < 1.29 is 14.3 Å². The quantitative estimate of drug-likeness (QED) is 0.734. The van der Waals surface area contributed by atoms with Gasteiger partial charge in [0.25, 0.3) is 0 Å². The lowest BCUT2D eigenvalue weighted by atomic mass is 9.97. The standard InChI is InChI=1S/C11H18N2O3/c1-11(2,3)16-10(14)13-9-7-15-5-4-8(9)6-12/h8-9H,4-5,7H2,1-3H3,(H,13,14)/t8-,9-/m1/s1. The zero-order valence-electron chi connectivity index (χ0n) is 9.95. The van der Waals surface area contributed by atoms with E-state index in [-0.39, 0.29) is 12.0 Å². The van der Waals surface area contributed by atoms with E-state index >= 15 is 0 Å². The van der Waals surface area contributed by atoms with Crippen LogP contribution in [0.5, 0.6) is 0 Å². The van der Waals surface area contributed by atoms with Gasteiger partial charge in [-0.3, -0.25) is 0 Å². The van der Waals surface area contributed by atoms with Gasteiger partial charge in [0.15, 0.2) is 0 Å². The minimum atomic E-state index is -0.526. The zero-order chi connectivity index (χ0) is 12.2. The number of nitrogens with zero attached hydrogens (tertiary/aromatic N) is 1. The lowest BCUT2D eigenvalue weighted by Crippen LogP contribution is -2.47. The number of carbonyl (C=O) groups is 1. The monoisotopic (exact) mass is 226 g/mol. The summed E-state index contributed by atoms with van der Waals surface area (Å²) >= 11 is 0. The molecule has 1 N–H and O–H groups in total. The third kappa shape index (κ3) is 4.07. The Morgan fingerprint density at radius 3 is 2.81 bits per heavy atom. The molecule has 5 heteroatoms. The van der Waals surface area contributed by atoms with Gasteiger partial charge >= 0.3 is 6.09 Å². The second-order valence-electron chi connectivity index (χ2n) is 4.85. The topological polar surface area (TPSA) is 71.3 Å². The molecule has 1 aliphatic rings. The molecule has 1 aliphatic heterocycles. The van der Waals surface area contributed by atoms with E-state index in [1.165, 1.54) is 0 Å². The van der Waals surface area contributed by atoms with Gasteiger partial charge in [0.2, 0.25) is 0 Å². The smallest absolute Gasteiger partial charge is 0.407 e. The Morgan fingerprint density at radius 1 is 1.56 bits per heavy atom. The molecule has 0 aromatic carbocycles. The van der Waals surface area contributed by atoms with Gasteiger partial charge in [-0.2, -0.15) is 5.26 Å². The Hall–Kier alpha value is -1.28. The lowest BCUT2D eigenvalue weighted by molar-refractivity contribution is 0.0261. The molecular weight excluding hydrogens is 208 g/mol. The van der Waals surface area contributed by atoms with E-state index in [1.807, 2.05) is 0 Å². The van der Waals surface area contributed by atoms with Crippen LogP contribution < -0.4 is 5.32 Å². The number of amides is 1. The number of rotatable bonds is 1. The van der Waals surface area contributed by atoms with Crippen LogP contribution in [0.3, 0.4) is 0 Å². The van der Waals surface area contributed by atoms with Crippen LogP contribution in [-0.2, 0) is 9.47 Å². The van der Waals surface area contributed by atoms with E-state index in [0.29, 0.717) is 19.6 Å². The van der Waals surface area contributed by atoms with Gasteiger partial charge in [0, 0.05) is 6.61 Å². The van der Waals surface area contributed by atoms with Crippen LogP contribution in [0.4, 0.5) is 4.79 Å². The zero-order valence-corrected chi connectivity index (χ0v) is 9.95. The highest BCUT2D eigenvalue weighted by molar-refractivity contribution is 5.68. The first-order valence-corrected chi connectivity index (χ1v) is 5.39. The molecule has 0 radical (unpaired) electrons. The molecule has 1 fully saturated rings. The molecule has 1 rings (SSSR count). The van der Waals surface area contributed by atoms with Crippen LogP contribution >= 0.6 is 0 Å². The fourth-order valence-electron chi connectivity index (χ4n) is 1.49. The molecule has 1 heterocycles. The molecule has 1 amide bonds. The van der Waals surface area contributed by atoms with Crippen molar-refractivity contribution in [3.05, 3.63) is 0 Å². The van der Waals surface area contributed by atoms with Crippen LogP contribution in [0.25, 0.3) is 0 Å². The van der Waals surface area contributed by atoms with Gasteiger partial charge in [-0.15, -0.1) is 0 Å². The molecule has 0 aliphatic carbocycles. The van der Waals surface area contributed by atoms with Crippen molar-refractivity contribution in [2.24, 2.45) is 5.92 Å². The van der Waals surface area contributed by atoms with Crippen LogP contribution in [0.2, 0.25) is 0 Å². The number of alkyl carbamates (subject to hydrolysis) is 1.